The number of alkyl halides is 3. The van der Waals surface area contributed by atoms with Crippen LogP contribution in [-0.2, 0) is 23.6 Å². The standard InChI is InChI=1S/C15H25F3N6O2S/c1-19-14(22(2)10-13-9-21-23(3)11-13)20-8-12-4-6-24(7-5-12)27(25,26)15(16,17)18/h9,11-12H,4-8,10H2,1-3H3,(H,19,20). The molecule has 0 aliphatic carbocycles. The molecule has 0 amide bonds. The minimum Gasteiger partial charge on any atom is -0.356 e. The second-order valence-corrected chi connectivity index (χ2v) is 8.53. The first-order valence-electron chi connectivity index (χ1n) is 8.50. The summed E-state index contributed by atoms with van der Waals surface area (Å²) in [5, 5.41) is 7.32. The number of aromatic nitrogens is 2. The van der Waals surface area contributed by atoms with Gasteiger partial charge in [-0.05, 0) is 18.8 Å². The zero-order valence-electron chi connectivity index (χ0n) is 15.6. The summed E-state index contributed by atoms with van der Waals surface area (Å²) >= 11 is 0. The SMILES string of the molecule is CN=C(NCC1CCN(S(=O)(=O)C(F)(F)F)CC1)N(C)Cc1cnn(C)c1. The molecule has 0 atom stereocenters. The number of piperidine rings is 1. The summed E-state index contributed by atoms with van der Waals surface area (Å²) in [6, 6.07) is 0. The summed E-state index contributed by atoms with van der Waals surface area (Å²) in [7, 11) is 0.133. The summed E-state index contributed by atoms with van der Waals surface area (Å²) in [6.45, 7) is 0.871. The molecule has 27 heavy (non-hydrogen) atoms. The number of guanidine groups is 1. The van der Waals surface area contributed by atoms with Gasteiger partial charge in [-0.2, -0.15) is 22.6 Å². The monoisotopic (exact) mass is 410 g/mol. The molecule has 1 aromatic rings. The average Bonchev–Trinajstić information content (AvgIpc) is 2.99. The molecular formula is C15H25F3N6O2S. The second-order valence-electron chi connectivity index (χ2n) is 6.60. The smallest absolute Gasteiger partial charge is 0.356 e. The molecule has 2 heterocycles. The number of nitrogens with one attached hydrogen (secondary N) is 1. The van der Waals surface area contributed by atoms with Gasteiger partial charge in [0.15, 0.2) is 5.96 Å². The number of hydrogen-bond acceptors (Lipinski definition) is 4. The van der Waals surface area contributed by atoms with Crippen molar-refractivity contribution in [2.75, 3.05) is 33.7 Å². The Labute approximate surface area is 157 Å². The zero-order chi connectivity index (χ0) is 20.2. The Kier molecular flexibility index (Phi) is 6.73. The lowest BCUT2D eigenvalue weighted by atomic mass is 9.98. The van der Waals surface area contributed by atoms with E-state index in [0.29, 0.717) is 36.2 Å². The quantitative estimate of drug-likeness (QED) is 0.578. The molecular weight excluding hydrogens is 385 g/mol. The maximum Gasteiger partial charge on any atom is 0.511 e. The van der Waals surface area contributed by atoms with Crippen LogP contribution >= 0.6 is 0 Å². The van der Waals surface area contributed by atoms with Crippen LogP contribution in [-0.4, -0.2) is 72.6 Å². The molecule has 1 N–H and O–H groups in total. The van der Waals surface area contributed by atoms with Crippen molar-refractivity contribution >= 4 is 16.0 Å². The van der Waals surface area contributed by atoms with Crippen molar-refractivity contribution in [3.8, 4) is 0 Å². The molecule has 0 saturated carbocycles. The van der Waals surface area contributed by atoms with Crippen LogP contribution in [0.4, 0.5) is 13.2 Å². The van der Waals surface area contributed by atoms with Gasteiger partial charge in [-0.1, -0.05) is 0 Å². The number of sulfonamides is 1. The number of nitrogens with zero attached hydrogens (tertiary/aromatic N) is 5. The van der Waals surface area contributed by atoms with Crippen LogP contribution in [0.25, 0.3) is 0 Å². The molecule has 0 radical (unpaired) electrons. The summed E-state index contributed by atoms with van der Waals surface area (Å²) in [5.41, 5.74) is -4.22. The zero-order valence-corrected chi connectivity index (χ0v) is 16.4. The van der Waals surface area contributed by atoms with E-state index in [2.05, 4.69) is 15.4 Å². The van der Waals surface area contributed by atoms with Gasteiger partial charge in [0.25, 0.3) is 0 Å². The fourth-order valence-electron chi connectivity index (χ4n) is 3.02. The van der Waals surface area contributed by atoms with Crippen molar-refractivity contribution in [2.45, 2.75) is 24.9 Å². The Morgan fingerprint density at radius 2 is 2.04 bits per heavy atom. The highest BCUT2D eigenvalue weighted by molar-refractivity contribution is 7.90. The van der Waals surface area contributed by atoms with E-state index in [4.69, 9.17) is 0 Å². The van der Waals surface area contributed by atoms with Crippen molar-refractivity contribution in [3.05, 3.63) is 18.0 Å². The molecule has 1 aliphatic heterocycles. The van der Waals surface area contributed by atoms with Crippen LogP contribution in [0, 0.1) is 5.92 Å². The highest BCUT2D eigenvalue weighted by atomic mass is 32.2. The first-order valence-corrected chi connectivity index (χ1v) is 9.94. The van der Waals surface area contributed by atoms with Gasteiger partial charge < -0.3 is 10.2 Å². The van der Waals surface area contributed by atoms with E-state index < -0.39 is 15.5 Å². The minimum absolute atomic E-state index is 0.0771. The van der Waals surface area contributed by atoms with Gasteiger partial charge in [-0.3, -0.25) is 9.67 Å². The van der Waals surface area contributed by atoms with Crippen LogP contribution in [0.3, 0.4) is 0 Å². The third-order valence-electron chi connectivity index (χ3n) is 4.51. The molecule has 8 nitrogen and oxygen atoms in total. The van der Waals surface area contributed by atoms with Gasteiger partial charge in [0.1, 0.15) is 0 Å². The van der Waals surface area contributed by atoms with E-state index in [1.807, 2.05) is 25.2 Å². The Balaban J connectivity index is 1.83. The summed E-state index contributed by atoms with van der Waals surface area (Å²) < 4.78 is 63.0. The number of halogens is 3. The number of hydrogen-bond donors (Lipinski definition) is 1. The van der Waals surface area contributed by atoms with Gasteiger partial charge in [-0.25, -0.2) is 8.42 Å². The predicted molar refractivity (Wildman–Crippen MR) is 95.3 cm³/mol. The van der Waals surface area contributed by atoms with Crippen LogP contribution in [0.15, 0.2) is 17.4 Å². The molecule has 1 fully saturated rings. The van der Waals surface area contributed by atoms with Crippen molar-refractivity contribution in [2.24, 2.45) is 18.0 Å². The molecule has 0 unspecified atom stereocenters. The molecule has 2 rings (SSSR count). The summed E-state index contributed by atoms with van der Waals surface area (Å²) in [5.74, 6) is 0.734. The van der Waals surface area contributed by atoms with Crippen molar-refractivity contribution in [3.63, 3.8) is 0 Å². The van der Waals surface area contributed by atoms with Crippen molar-refractivity contribution < 1.29 is 21.6 Å². The molecule has 0 spiro atoms. The molecule has 1 saturated heterocycles. The topological polar surface area (TPSA) is 82.8 Å². The summed E-state index contributed by atoms with van der Waals surface area (Å²) in [4.78, 5) is 6.13. The van der Waals surface area contributed by atoms with E-state index in [9.17, 15) is 21.6 Å². The molecule has 0 bridgehead atoms. The Morgan fingerprint density at radius 3 is 2.52 bits per heavy atom. The Hall–Kier alpha value is -1.82. The van der Waals surface area contributed by atoms with Crippen molar-refractivity contribution in [1.82, 2.24) is 24.3 Å². The number of aryl methyl sites for hydroxylation is 1. The Bertz CT molecular complexity index is 754. The molecule has 1 aliphatic rings. The van der Waals surface area contributed by atoms with E-state index in [0.717, 1.165) is 5.56 Å². The summed E-state index contributed by atoms with van der Waals surface area (Å²) in [6.07, 6.45) is 4.40. The third-order valence-corrected chi connectivity index (χ3v) is 6.14. The number of rotatable bonds is 5. The van der Waals surface area contributed by atoms with Gasteiger partial charge in [0, 0.05) is 59.1 Å². The van der Waals surface area contributed by atoms with Gasteiger partial charge in [-0.15, -0.1) is 0 Å². The van der Waals surface area contributed by atoms with Gasteiger partial charge >= 0.3 is 15.5 Å². The van der Waals surface area contributed by atoms with E-state index in [1.165, 1.54) is 0 Å². The third kappa shape index (κ3) is 5.34. The lowest BCUT2D eigenvalue weighted by molar-refractivity contribution is -0.0496. The van der Waals surface area contributed by atoms with Gasteiger partial charge in [0.05, 0.1) is 6.20 Å². The maximum atomic E-state index is 12.6. The first kappa shape index (κ1) is 21.5. The van der Waals surface area contributed by atoms with Crippen molar-refractivity contribution in [1.29, 1.82) is 0 Å². The molecule has 0 aromatic carbocycles. The van der Waals surface area contributed by atoms with E-state index >= 15 is 0 Å². The first-order chi connectivity index (χ1) is 12.5. The van der Waals surface area contributed by atoms with E-state index in [1.54, 1.807) is 17.9 Å². The fraction of sp³-hybridized carbons (Fsp3) is 0.733. The van der Waals surface area contributed by atoms with Crippen LogP contribution in [0.2, 0.25) is 0 Å². The Morgan fingerprint density at radius 1 is 1.41 bits per heavy atom. The highest BCUT2D eigenvalue weighted by Gasteiger charge is 2.50. The minimum atomic E-state index is -5.24. The highest BCUT2D eigenvalue weighted by Crippen LogP contribution is 2.30. The second kappa shape index (κ2) is 8.46. The van der Waals surface area contributed by atoms with Gasteiger partial charge in [0.2, 0.25) is 0 Å². The maximum absolute atomic E-state index is 12.6. The number of aliphatic imine (C=N–C) groups is 1. The normalized spacial score (nSPS) is 17.9. The molecule has 154 valence electrons. The van der Waals surface area contributed by atoms with E-state index in [-0.39, 0.29) is 19.0 Å². The average molecular weight is 410 g/mol. The predicted octanol–water partition coefficient (Wildman–Crippen LogP) is 0.989. The molecule has 12 heteroatoms. The fourth-order valence-corrected chi connectivity index (χ4v) is 4.01. The molecule has 1 aromatic heterocycles. The largest absolute Gasteiger partial charge is 0.511 e. The lowest BCUT2D eigenvalue weighted by Crippen LogP contribution is -2.47. The van der Waals surface area contributed by atoms with Crippen LogP contribution < -0.4 is 5.32 Å². The van der Waals surface area contributed by atoms with Crippen LogP contribution in [0.5, 0.6) is 0 Å². The lowest BCUT2D eigenvalue weighted by Gasteiger charge is -2.32. The van der Waals surface area contributed by atoms with Crippen LogP contribution in [0.1, 0.15) is 18.4 Å².